The van der Waals surface area contributed by atoms with Gasteiger partial charge in [-0.3, -0.25) is 4.98 Å². The van der Waals surface area contributed by atoms with Crippen LogP contribution in [0, 0.1) is 12.7 Å². The molecule has 0 fully saturated rings. The molecule has 23 heavy (non-hydrogen) atoms. The van der Waals surface area contributed by atoms with Gasteiger partial charge < -0.3 is 0 Å². The third kappa shape index (κ3) is 4.45. The van der Waals surface area contributed by atoms with E-state index in [-0.39, 0.29) is 16.6 Å². The maximum Gasteiger partial charge on any atom is 0.126 e. The van der Waals surface area contributed by atoms with Crippen molar-refractivity contribution < 1.29 is 8.60 Å². The first-order valence-corrected chi connectivity index (χ1v) is 8.74. The van der Waals surface area contributed by atoms with E-state index in [4.69, 9.17) is 0 Å². The molecule has 0 radical (unpaired) electrons. The summed E-state index contributed by atoms with van der Waals surface area (Å²) in [4.78, 5) is 4.45. The Bertz CT molecular complexity index is 708. The number of halogens is 1. The molecule has 1 aromatic carbocycles. The molecule has 0 saturated carbocycles. The van der Waals surface area contributed by atoms with Crippen molar-refractivity contribution in [3.8, 4) is 11.1 Å². The summed E-state index contributed by atoms with van der Waals surface area (Å²) in [7, 11) is -1.15. The first-order chi connectivity index (χ1) is 10.7. The molecule has 1 aromatic heterocycles. The van der Waals surface area contributed by atoms with E-state index < -0.39 is 11.0 Å². The SMILES string of the molecule is Cc1cc(-c2ccc([C@H](C)NS(=O)C(C)(C)C)nc2)ccc1F. The van der Waals surface area contributed by atoms with Crippen LogP contribution < -0.4 is 4.72 Å². The van der Waals surface area contributed by atoms with Gasteiger partial charge in [-0.05, 0) is 63.9 Å². The molecule has 1 heterocycles. The minimum absolute atomic E-state index is 0.112. The molecular formula is C18H23FN2OS. The summed E-state index contributed by atoms with van der Waals surface area (Å²) in [5.41, 5.74) is 3.30. The van der Waals surface area contributed by atoms with Crippen molar-refractivity contribution in [2.24, 2.45) is 0 Å². The fourth-order valence-corrected chi connectivity index (χ4v) is 2.85. The summed E-state index contributed by atoms with van der Waals surface area (Å²) in [5, 5.41) is 0. The normalized spacial score (nSPS) is 14.5. The number of aryl methyl sites for hydroxylation is 1. The Morgan fingerprint density at radius 2 is 1.83 bits per heavy atom. The first kappa shape index (κ1) is 17.8. The van der Waals surface area contributed by atoms with E-state index in [0.29, 0.717) is 5.56 Å². The van der Waals surface area contributed by atoms with Gasteiger partial charge in [-0.15, -0.1) is 0 Å². The Balaban J connectivity index is 2.15. The van der Waals surface area contributed by atoms with Gasteiger partial charge in [0.1, 0.15) is 5.82 Å². The van der Waals surface area contributed by atoms with Crippen LogP contribution in [0.25, 0.3) is 11.1 Å². The summed E-state index contributed by atoms with van der Waals surface area (Å²) in [6.45, 7) is 9.46. The molecule has 0 amide bonds. The predicted molar refractivity (Wildman–Crippen MR) is 93.8 cm³/mol. The van der Waals surface area contributed by atoms with Crippen LogP contribution >= 0.6 is 0 Å². The van der Waals surface area contributed by atoms with E-state index >= 15 is 0 Å². The summed E-state index contributed by atoms with van der Waals surface area (Å²) in [5.74, 6) is -0.208. The number of rotatable bonds is 4. The van der Waals surface area contributed by atoms with Crippen molar-refractivity contribution in [1.29, 1.82) is 0 Å². The number of pyridine rings is 1. The number of nitrogens with zero attached hydrogens (tertiary/aromatic N) is 1. The molecule has 0 aliphatic carbocycles. The van der Waals surface area contributed by atoms with E-state index in [2.05, 4.69) is 9.71 Å². The average Bonchev–Trinajstić information content (AvgIpc) is 2.49. The zero-order chi connectivity index (χ0) is 17.2. The van der Waals surface area contributed by atoms with Gasteiger partial charge in [0, 0.05) is 11.8 Å². The Labute approximate surface area is 139 Å². The first-order valence-electron chi connectivity index (χ1n) is 7.59. The van der Waals surface area contributed by atoms with Crippen LogP contribution in [0.1, 0.15) is 45.0 Å². The summed E-state index contributed by atoms with van der Waals surface area (Å²) in [6, 6.07) is 8.77. The molecular weight excluding hydrogens is 311 g/mol. The maximum atomic E-state index is 13.3. The smallest absolute Gasteiger partial charge is 0.126 e. The van der Waals surface area contributed by atoms with Crippen molar-refractivity contribution in [3.05, 3.63) is 53.6 Å². The molecule has 0 aliphatic rings. The highest BCUT2D eigenvalue weighted by molar-refractivity contribution is 7.84. The molecule has 2 rings (SSSR count). The van der Waals surface area contributed by atoms with Crippen molar-refractivity contribution >= 4 is 11.0 Å². The van der Waals surface area contributed by atoms with Crippen LogP contribution in [0.3, 0.4) is 0 Å². The van der Waals surface area contributed by atoms with Gasteiger partial charge in [0.25, 0.3) is 0 Å². The van der Waals surface area contributed by atoms with Crippen molar-refractivity contribution in [3.63, 3.8) is 0 Å². The lowest BCUT2D eigenvalue weighted by Crippen LogP contribution is -2.35. The third-order valence-electron chi connectivity index (χ3n) is 3.56. The van der Waals surface area contributed by atoms with Gasteiger partial charge in [0.2, 0.25) is 0 Å². The van der Waals surface area contributed by atoms with Gasteiger partial charge in [0.15, 0.2) is 0 Å². The minimum atomic E-state index is -1.15. The quantitative estimate of drug-likeness (QED) is 0.905. The van der Waals surface area contributed by atoms with Gasteiger partial charge in [-0.25, -0.2) is 13.3 Å². The second-order valence-corrected chi connectivity index (χ2v) is 8.65. The highest BCUT2D eigenvalue weighted by atomic mass is 32.2. The van der Waals surface area contributed by atoms with Crippen LogP contribution in [0.2, 0.25) is 0 Å². The zero-order valence-corrected chi connectivity index (χ0v) is 15.0. The number of aromatic nitrogens is 1. The lowest BCUT2D eigenvalue weighted by atomic mass is 10.0. The predicted octanol–water partition coefficient (Wildman–Crippen LogP) is 4.31. The Kier molecular flexibility index (Phi) is 5.32. The van der Waals surface area contributed by atoms with Gasteiger partial charge in [0.05, 0.1) is 27.5 Å². The third-order valence-corrected chi connectivity index (χ3v) is 5.24. The molecule has 0 saturated heterocycles. The Hall–Kier alpha value is -1.59. The Morgan fingerprint density at radius 3 is 2.35 bits per heavy atom. The lowest BCUT2D eigenvalue weighted by molar-refractivity contribution is 0.611. The van der Waals surface area contributed by atoms with E-state index in [1.807, 2.05) is 45.9 Å². The number of benzene rings is 1. The summed E-state index contributed by atoms with van der Waals surface area (Å²) >= 11 is 0. The fraction of sp³-hybridized carbons (Fsp3) is 0.389. The minimum Gasteiger partial charge on any atom is -0.259 e. The highest BCUT2D eigenvalue weighted by Crippen LogP contribution is 2.23. The molecule has 0 aliphatic heterocycles. The zero-order valence-electron chi connectivity index (χ0n) is 14.2. The topological polar surface area (TPSA) is 42.0 Å². The molecule has 2 atom stereocenters. The van der Waals surface area contributed by atoms with Gasteiger partial charge >= 0.3 is 0 Å². The van der Waals surface area contributed by atoms with Crippen molar-refractivity contribution in [1.82, 2.24) is 9.71 Å². The number of hydrogen-bond acceptors (Lipinski definition) is 2. The van der Waals surface area contributed by atoms with Crippen LogP contribution in [0.5, 0.6) is 0 Å². The van der Waals surface area contributed by atoms with Crippen molar-refractivity contribution in [2.45, 2.75) is 45.4 Å². The molecule has 5 heteroatoms. The summed E-state index contributed by atoms with van der Waals surface area (Å²) < 4.78 is 28.2. The maximum absolute atomic E-state index is 13.3. The van der Waals surface area contributed by atoms with Crippen molar-refractivity contribution in [2.75, 3.05) is 0 Å². The van der Waals surface area contributed by atoms with Crippen LogP contribution in [-0.2, 0) is 11.0 Å². The molecule has 3 nitrogen and oxygen atoms in total. The van der Waals surface area contributed by atoms with E-state index in [1.54, 1.807) is 19.2 Å². The second kappa shape index (κ2) is 6.89. The van der Waals surface area contributed by atoms with E-state index in [0.717, 1.165) is 16.8 Å². The van der Waals surface area contributed by atoms with Crippen LogP contribution in [-0.4, -0.2) is 13.9 Å². The van der Waals surface area contributed by atoms with Gasteiger partial charge in [-0.1, -0.05) is 12.1 Å². The van der Waals surface area contributed by atoms with E-state index in [9.17, 15) is 8.60 Å². The molecule has 2 aromatic rings. The molecule has 1 unspecified atom stereocenters. The Morgan fingerprint density at radius 1 is 1.17 bits per heavy atom. The summed E-state index contributed by atoms with van der Waals surface area (Å²) in [6.07, 6.45) is 1.76. The molecule has 0 bridgehead atoms. The highest BCUT2D eigenvalue weighted by Gasteiger charge is 2.22. The van der Waals surface area contributed by atoms with Gasteiger partial charge in [-0.2, -0.15) is 0 Å². The molecule has 124 valence electrons. The van der Waals surface area contributed by atoms with Crippen LogP contribution in [0.15, 0.2) is 36.5 Å². The monoisotopic (exact) mass is 334 g/mol. The number of nitrogens with one attached hydrogen (secondary N) is 1. The van der Waals surface area contributed by atoms with E-state index in [1.165, 1.54) is 6.07 Å². The molecule has 1 N–H and O–H groups in total. The second-order valence-electron chi connectivity index (χ2n) is 6.66. The number of hydrogen-bond donors (Lipinski definition) is 1. The lowest BCUT2D eigenvalue weighted by Gasteiger charge is -2.21. The molecule has 0 spiro atoms. The standard InChI is InChI=1S/C18H23FN2OS/c1-12-10-14(6-8-16(12)19)15-7-9-17(20-11-15)13(2)21-23(22)18(3,4)5/h6-11,13,21H,1-5H3/t13-,23?/m0/s1. The fourth-order valence-electron chi connectivity index (χ4n) is 2.05. The van der Waals surface area contributed by atoms with Crippen LogP contribution in [0.4, 0.5) is 4.39 Å². The average molecular weight is 334 g/mol. The largest absolute Gasteiger partial charge is 0.259 e.